The first-order valence-corrected chi connectivity index (χ1v) is 10.5. The van der Waals surface area contributed by atoms with Gasteiger partial charge >= 0.3 is 6.09 Å². The van der Waals surface area contributed by atoms with Crippen molar-refractivity contribution in [1.29, 1.82) is 0 Å². The van der Waals surface area contributed by atoms with Crippen LogP contribution in [0.2, 0.25) is 0 Å². The number of carbonyl (C=O) groups excluding carboxylic acids is 2. The number of hydrogen-bond acceptors (Lipinski definition) is 6. The van der Waals surface area contributed by atoms with E-state index in [-0.39, 0.29) is 12.4 Å². The number of benzene rings is 1. The molecule has 3 aliphatic rings. The van der Waals surface area contributed by atoms with E-state index < -0.39 is 30.5 Å². The number of halogens is 2. The number of nitrogens with zero attached hydrogens (tertiary/aromatic N) is 3. The molecule has 2 aromatic rings. The minimum absolute atomic E-state index is 0.136. The van der Waals surface area contributed by atoms with E-state index >= 15 is 0 Å². The highest BCUT2D eigenvalue weighted by molar-refractivity contribution is 5.90. The van der Waals surface area contributed by atoms with Crippen LogP contribution in [0, 0.1) is 0 Å². The number of aromatic nitrogens is 2. The van der Waals surface area contributed by atoms with Crippen LogP contribution in [0.15, 0.2) is 12.3 Å². The number of imidazole rings is 1. The van der Waals surface area contributed by atoms with Crippen LogP contribution in [0.5, 0.6) is 5.75 Å². The van der Waals surface area contributed by atoms with E-state index in [2.05, 4.69) is 10.3 Å². The molecule has 3 N–H and O–H groups in total. The lowest BCUT2D eigenvalue weighted by Gasteiger charge is -2.20. The predicted molar refractivity (Wildman–Crippen MR) is 111 cm³/mol. The standard InChI is InChI=1S/C21H23F2N5O4/c1-10(19(24)29)25-13-7-15-17(12-4-2-3-11(12)13)20-26-16(8-27(20)5-6-31-15)28-14(18(22)23)9-32-21(28)30/h7-8,10,14,18,25H,2-6,9H2,1H3,(H2,24,29)/t10-,14?/m0/s1. The van der Waals surface area contributed by atoms with E-state index in [0.717, 1.165) is 46.5 Å². The molecule has 0 bridgehead atoms. The molecule has 1 aromatic carbocycles. The van der Waals surface area contributed by atoms with Gasteiger partial charge in [0.25, 0.3) is 6.43 Å². The minimum atomic E-state index is -2.75. The Labute approximate surface area is 182 Å². The van der Waals surface area contributed by atoms with Gasteiger partial charge in [-0.15, -0.1) is 0 Å². The van der Waals surface area contributed by atoms with E-state index in [0.29, 0.717) is 24.7 Å². The van der Waals surface area contributed by atoms with Gasteiger partial charge < -0.3 is 25.1 Å². The Bertz CT molecular complexity index is 1100. The average Bonchev–Trinajstić information content (AvgIpc) is 3.45. The molecule has 2 atom stereocenters. The quantitative estimate of drug-likeness (QED) is 0.728. The molecular formula is C21H23F2N5O4. The zero-order chi connectivity index (χ0) is 22.6. The fourth-order valence-electron chi connectivity index (χ4n) is 4.58. The van der Waals surface area contributed by atoms with Crippen LogP contribution in [0.4, 0.5) is 25.1 Å². The summed E-state index contributed by atoms with van der Waals surface area (Å²) < 4.78 is 39.6. The number of hydrogen-bond donors (Lipinski definition) is 2. The maximum absolute atomic E-state index is 13.5. The number of primary amides is 1. The number of nitrogens with two attached hydrogens (primary N) is 1. The van der Waals surface area contributed by atoms with Gasteiger partial charge in [-0.1, -0.05) is 0 Å². The van der Waals surface area contributed by atoms with Crippen molar-refractivity contribution in [2.45, 2.75) is 51.2 Å². The van der Waals surface area contributed by atoms with Crippen molar-refractivity contribution in [3.05, 3.63) is 23.4 Å². The van der Waals surface area contributed by atoms with Crippen LogP contribution >= 0.6 is 0 Å². The smallest absolute Gasteiger partial charge is 0.416 e. The third-order valence-corrected chi connectivity index (χ3v) is 6.19. The normalized spacial score (nSPS) is 20.2. The van der Waals surface area contributed by atoms with E-state index in [1.807, 2.05) is 10.6 Å². The Kier molecular flexibility index (Phi) is 4.90. The highest BCUT2D eigenvalue weighted by Crippen LogP contribution is 2.45. The maximum atomic E-state index is 13.5. The van der Waals surface area contributed by atoms with Crippen molar-refractivity contribution in [1.82, 2.24) is 9.55 Å². The van der Waals surface area contributed by atoms with Crippen molar-refractivity contribution < 1.29 is 27.8 Å². The topological polar surface area (TPSA) is 112 Å². The summed E-state index contributed by atoms with van der Waals surface area (Å²) in [4.78, 5) is 29.2. The Balaban J connectivity index is 1.61. The lowest BCUT2D eigenvalue weighted by molar-refractivity contribution is -0.118. The number of rotatable bonds is 5. The second-order valence-corrected chi connectivity index (χ2v) is 8.19. The zero-order valence-corrected chi connectivity index (χ0v) is 17.4. The molecule has 32 heavy (non-hydrogen) atoms. The second-order valence-electron chi connectivity index (χ2n) is 8.19. The summed E-state index contributed by atoms with van der Waals surface area (Å²) in [5.41, 5.74) is 9.10. The first-order valence-electron chi connectivity index (χ1n) is 10.5. The summed E-state index contributed by atoms with van der Waals surface area (Å²) in [6, 6.07) is -0.0795. The summed E-state index contributed by atoms with van der Waals surface area (Å²) >= 11 is 0. The summed E-state index contributed by atoms with van der Waals surface area (Å²) in [6.07, 6.45) is 0.544. The van der Waals surface area contributed by atoms with Gasteiger partial charge in [0.05, 0.1) is 12.1 Å². The van der Waals surface area contributed by atoms with E-state index in [9.17, 15) is 18.4 Å². The maximum Gasteiger partial charge on any atom is 0.416 e. The molecule has 5 rings (SSSR count). The number of amides is 2. The van der Waals surface area contributed by atoms with Crippen LogP contribution in [0.3, 0.4) is 0 Å². The SMILES string of the molecule is C[C@H](Nc1cc2c(c3c1CCC3)-c1nc(N3C(=O)OCC3C(F)F)cn1CCO2)C(N)=O. The monoisotopic (exact) mass is 447 g/mol. The summed E-state index contributed by atoms with van der Waals surface area (Å²) in [7, 11) is 0. The van der Waals surface area contributed by atoms with Crippen LogP contribution in [0.25, 0.3) is 11.4 Å². The number of carbonyl (C=O) groups is 2. The Morgan fingerprint density at radius 3 is 2.84 bits per heavy atom. The molecule has 3 heterocycles. The molecule has 1 fully saturated rings. The number of alkyl halides is 2. The molecular weight excluding hydrogens is 424 g/mol. The molecule has 2 aliphatic heterocycles. The van der Waals surface area contributed by atoms with Gasteiger partial charge in [-0.3, -0.25) is 4.79 Å². The fourth-order valence-corrected chi connectivity index (χ4v) is 4.58. The van der Waals surface area contributed by atoms with E-state index in [1.54, 1.807) is 13.1 Å². The molecule has 0 radical (unpaired) electrons. The van der Waals surface area contributed by atoms with Crippen LogP contribution < -0.4 is 20.7 Å². The molecule has 0 saturated carbocycles. The molecule has 1 aliphatic carbocycles. The number of nitrogens with one attached hydrogen (secondary N) is 1. The van der Waals surface area contributed by atoms with Crippen molar-refractivity contribution in [3.8, 4) is 17.1 Å². The minimum Gasteiger partial charge on any atom is -0.491 e. The Morgan fingerprint density at radius 1 is 1.31 bits per heavy atom. The third kappa shape index (κ3) is 3.23. The highest BCUT2D eigenvalue weighted by atomic mass is 19.3. The molecule has 170 valence electrons. The van der Waals surface area contributed by atoms with Gasteiger partial charge in [-0.05, 0) is 37.3 Å². The number of ether oxygens (including phenoxy) is 2. The van der Waals surface area contributed by atoms with Crippen LogP contribution in [-0.4, -0.2) is 53.3 Å². The van der Waals surface area contributed by atoms with Crippen molar-refractivity contribution in [2.75, 3.05) is 23.4 Å². The van der Waals surface area contributed by atoms with E-state index in [1.165, 1.54) is 0 Å². The Morgan fingerprint density at radius 2 is 2.09 bits per heavy atom. The number of fused-ring (bicyclic) bond motifs is 5. The second kappa shape index (κ2) is 7.64. The average molecular weight is 447 g/mol. The third-order valence-electron chi connectivity index (χ3n) is 6.19. The molecule has 0 spiro atoms. The lowest BCUT2D eigenvalue weighted by Crippen LogP contribution is -2.38. The van der Waals surface area contributed by atoms with E-state index in [4.69, 9.17) is 15.2 Å². The van der Waals surface area contributed by atoms with Gasteiger partial charge in [-0.25, -0.2) is 23.5 Å². The van der Waals surface area contributed by atoms with Gasteiger partial charge in [0, 0.05) is 18.0 Å². The highest BCUT2D eigenvalue weighted by Gasteiger charge is 2.42. The number of anilines is 2. The zero-order valence-electron chi connectivity index (χ0n) is 17.4. The number of cyclic esters (lactones) is 1. The molecule has 9 nitrogen and oxygen atoms in total. The van der Waals surface area contributed by atoms with Crippen molar-refractivity contribution >= 4 is 23.5 Å². The molecule has 1 aromatic heterocycles. The molecule has 11 heteroatoms. The van der Waals surface area contributed by atoms with Crippen LogP contribution in [0.1, 0.15) is 24.5 Å². The molecule has 1 unspecified atom stereocenters. The first-order chi connectivity index (χ1) is 15.3. The van der Waals surface area contributed by atoms with Crippen molar-refractivity contribution in [2.24, 2.45) is 5.73 Å². The van der Waals surface area contributed by atoms with Crippen molar-refractivity contribution in [3.63, 3.8) is 0 Å². The summed E-state index contributed by atoms with van der Waals surface area (Å²) in [5.74, 6) is 0.832. The molecule has 1 saturated heterocycles. The molecule has 2 amide bonds. The van der Waals surface area contributed by atoms with Gasteiger partial charge in [-0.2, -0.15) is 0 Å². The van der Waals surface area contributed by atoms with Gasteiger partial charge in [0.2, 0.25) is 5.91 Å². The predicted octanol–water partition coefficient (Wildman–Crippen LogP) is 2.31. The van der Waals surface area contributed by atoms with Crippen LogP contribution in [-0.2, 0) is 28.9 Å². The fraction of sp³-hybridized carbons (Fsp3) is 0.476. The van der Waals surface area contributed by atoms with Gasteiger partial charge in [0.15, 0.2) is 5.82 Å². The lowest BCUT2D eigenvalue weighted by atomic mass is 9.99. The largest absolute Gasteiger partial charge is 0.491 e. The Hall–Kier alpha value is -3.37. The first kappa shape index (κ1) is 20.5. The summed E-state index contributed by atoms with van der Waals surface area (Å²) in [6.45, 7) is 2.10. The van der Waals surface area contributed by atoms with Gasteiger partial charge in [0.1, 0.15) is 36.9 Å². The summed E-state index contributed by atoms with van der Waals surface area (Å²) in [5, 5.41) is 3.18.